The lowest BCUT2D eigenvalue weighted by Gasteiger charge is -2.04. The zero-order valence-electron chi connectivity index (χ0n) is 17.1. The van der Waals surface area contributed by atoms with Gasteiger partial charge in [0, 0.05) is 12.2 Å². The van der Waals surface area contributed by atoms with E-state index in [2.05, 4.69) is 6.92 Å². The van der Waals surface area contributed by atoms with E-state index in [-0.39, 0.29) is 0 Å². The van der Waals surface area contributed by atoms with Crippen molar-refractivity contribution in [2.75, 3.05) is 13.2 Å². The Bertz CT molecular complexity index is 363. The standard InChI is InChI=1S/C22H40O4/c1-3-5-6-7-8-9-10-11-12-13-14-15-16-20-26-22(24)18-17-21(23)25-19-4-2/h17-18H,3-16,19-20H2,1-2H3/b18-17+. The van der Waals surface area contributed by atoms with Gasteiger partial charge in [0.2, 0.25) is 0 Å². The average Bonchev–Trinajstić information content (AvgIpc) is 2.64. The van der Waals surface area contributed by atoms with Crippen molar-refractivity contribution in [2.45, 2.75) is 104 Å². The van der Waals surface area contributed by atoms with Crippen LogP contribution in [0.25, 0.3) is 0 Å². The first-order valence-corrected chi connectivity index (χ1v) is 10.7. The fraction of sp³-hybridized carbons (Fsp3) is 0.818. The fourth-order valence-electron chi connectivity index (χ4n) is 2.73. The van der Waals surface area contributed by atoms with E-state index in [1.165, 1.54) is 70.6 Å². The van der Waals surface area contributed by atoms with Gasteiger partial charge < -0.3 is 9.47 Å². The Labute approximate surface area is 160 Å². The summed E-state index contributed by atoms with van der Waals surface area (Å²) in [5.41, 5.74) is 0. The molecule has 0 fully saturated rings. The molecule has 26 heavy (non-hydrogen) atoms. The molecule has 4 nitrogen and oxygen atoms in total. The van der Waals surface area contributed by atoms with Gasteiger partial charge in [-0.15, -0.1) is 0 Å². The van der Waals surface area contributed by atoms with Gasteiger partial charge in [0.15, 0.2) is 0 Å². The third-order valence-electron chi connectivity index (χ3n) is 4.30. The number of rotatable bonds is 18. The molecule has 0 radical (unpaired) electrons. The molecule has 0 bridgehead atoms. The van der Waals surface area contributed by atoms with Crippen LogP contribution in [-0.4, -0.2) is 25.2 Å². The molecule has 152 valence electrons. The zero-order valence-corrected chi connectivity index (χ0v) is 17.1. The van der Waals surface area contributed by atoms with Crippen molar-refractivity contribution < 1.29 is 19.1 Å². The minimum absolute atomic E-state index is 0.372. The molecule has 0 heterocycles. The summed E-state index contributed by atoms with van der Waals surface area (Å²) in [5, 5.41) is 0. The van der Waals surface area contributed by atoms with Crippen LogP contribution < -0.4 is 0 Å². The van der Waals surface area contributed by atoms with Gasteiger partial charge in [-0.3, -0.25) is 0 Å². The summed E-state index contributed by atoms with van der Waals surface area (Å²) >= 11 is 0. The summed E-state index contributed by atoms with van der Waals surface area (Å²) in [6.45, 7) is 4.97. The third-order valence-corrected chi connectivity index (χ3v) is 4.30. The third kappa shape index (κ3) is 19.0. The van der Waals surface area contributed by atoms with Crippen molar-refractivity contribution in [1.29, 1.82) is 0 Å². The number of hydrogen-bond acceptors (Lipinski definition) is 4. The Kier molecular flexibility index (Phi) is 19.0. The Balaban J connectivity index is 3.29. The second-order valence-electron chi connectivity index (χ2n) is 6.91. The van der Waals surface area contributed by atoms with Crippen molar-refractivity contribution in [3.8, 4) is 0 Å². The maximum absolute atomic E-state index is 11.4. The maximum Gasteiger partial charge on any atom is 0.331 e. The van der Waals surface area contributed by atoms with E-state index in [0.717, 1.165) is 31.4 Å². The molecule has 0 unspecified atom stereocenters. The van der Waals surface area contributed by atoms with E-state index in [9.17, 15) is 9.59 Å². The fourth-order valence-corrected chi connectivity index (χ4v) is 2.73. The van der Waals surface area contributed by atoms with Gasteiger partial charge in [-0.05, 0) is 12.8 Å². The van der Waals surface area contributed by atoms with Crippen molar-refractivity contribution in [3.63, 3.8) is 0 Å². The lowest BCUT2D eigenvalue weighted by molar-refractivity contribution is -0.140. The largest absolute Gasteiger partial charge is 0.463 e. The number of ether oxygens (including phenoxy) is 2. The van der Waals surface area contributed by atoms with Gasteiger partial charge in [0.25, 0.3) is 0 Å². The van der Waals surface area contributed by atoms with Gasteiger partial charge in [-0.2, -0.15) is 0 Å². The molecule has 0 aromatic heterocycles. The lowest BCUT2D eigenvalue weighted by atomic mass is 10.0. The SMILES string of the molecule is CCCCCCCCCCCCCCCOC(=O)/C=C/C(=O)OCCC. The first-order chi connectivity index (χ1) is 12.7. The molecule has 0 amide bonds. The highest BCUT2D eigenvalue weighted by atomic mass is 16.5. The number of carbonyl (C=O) groups excluding carboxylic acids is 2. The zero-order chi connectivity index (χ0) is 19.3. The highest BCUT2D eigenvalue weighted by Crippen LogP contribution is 2.12. The molecule has 0 aliphatic rings. The van der Waals surface area contributed by atoms with Crippen LogP contribution in [-0.2, 0) is 19.1 Å². The highest BCUT2D eigenvalue weighted by molar-refractivity contribution is 5.91. The number of carbonyl (C=O) groups is 2. The van der Waals surface area contributed by atoms with Gasteiger partial charge in [0.1, 0.15) is 0 Å². The number of unbranched alkanes of at least 4 members (excludes halogenated alkanes) is 12. The molecule has 0 aromatic rings. The smallest absolute Gasteiger partial charge is 0.331 e. The topological polar surface area (TPSA) is 52.6 Å². The Hall–Kier alpha value is -1.32. The molecule has 4 heteroatoms. The molecule has 0 saturated carbocycles. The minimum atomic E-state index is -0.496. The van der Waals surface area contributed by atoms with Crippen LogP contribution in [0, 0.1) is 0 Å². The lowest BCUT2D eigenvalue weighted by Crippen LogP contribution is -2.05. The molecule has 0 saturated heterocycles. The van der Waals surface area contributed by atoms with E-state index >= 15 is 0 Å². The monoisotopic (exact) mass is 368 g/mol. The van der Waals surface area contributed by atoms with Crippen LogP contribution in [0.4, 0.5) is 0 Å². The first-order valence-electron chi connectivity index (χ1n) is 10.7. The molecule has 0 aliphatic carbocycles. The van der Waals surface area contributed by atoms with Crippen LogP contribution in [0.3, 0.4) is 0 Å². The molecular weight excluding hydrogens is 328 g/mol. The summed E-state index contributed by atoms with van der Waals surface area (Å²) in [4.78, 5) is 22.6. The van der Waals surface area contributed by atoms with Gasteiger partial charge >= 0.3 is 11.9 Å². The van der Waals surface area contributed by atoms with Crippen molar-refractivity contribution in [1.82, 2.24) is 0 Å². The quantitative estimate of drug-likeness (QED) is 0.166. The van der Waals surface area contributed by atoms with Crippen LogP contribution in [0.15, 0.2) is 12.2 Å². The molecule has 0 aliphatic heterocycles. The first kappa shape index (κ1) is 24.7. The van der Waals surface area contributed by atoms with Crippen LogP contribution in [0.5, 0.6) is 0 Å². The van der Waals surface area contributed by atoms with Crippen LogP contribution in [0.1, 0.15) is 104 Å². The van der Waals surface area contributed by atoms with E-state index in [4.69, 9.17) is 9.47 Å². The van der Waals surface area contributed by atoms with E-state index in [1.54, 1.807) is 0 Å². The highest BCUT2D eigenvalue weighted by Gasteiger charge is 2.00. The van der Waals surface area contributed by atoms with Gasteiger partial charge in [-0.1, -0.05) is 90.9 Å². The Morgan fingerprint density at radius 1 is 0.538 bits per heavy atom. The molecule has 0 rings (SSSR count). The summed E-state index contributed by atoms with van der Waals surface area (Å²) in [6, 6.07) is 0. The summed E-state index contributed by atoms with van der Waals surface area (Å²) in [5.74, 6) is -0.970. The minimum Gasteiger partial charge on any atom is -0.463 e. The molecule has 0 aromatic carbocycles. The predicted octanol–water partition coefficient (Wildman–Crippen LogP) is 6.13. The van der Waals surface area contributed by atoms with Crippen LogP contribution in [0.2, 0.25) is 0 Å². The van der Waals surface area contributed by atoms with Crippen LogP contribution >= 0.6 is 0 Å². The van der Waals surface area contributed by atoms with Gasteiger partial charge in [-0.25, -0.2) is 9.59 Å². The predicted molar refractivity (Wildman–Crippen MR) is 107 cm³/mol. The van der Waals surface area contributed by atoms with E-state index in [0.29, 0.717) is 13.2 Å². The van der Waals surface area contributed by atoms with Crippen molar-refractivity contribution in [3.05, 3.63) is 12.2 Å². The molecular formula is C22H40O4. The normalized spacial score (nSPS) is 11.0. The Morgan fingerprint density at radius 2 is 0.923 bits per heavy atom. The molecule has 0 spiro atoms. The Morgan fingerprint density at radius 3 is 1.35 bits per heavy atom. The van der Waals surface area contributed by atoms with Crippen molar-refractivity contribution >= 4 is 11.9 Å². The van der Waals surface area contributed by atoms with Crippen molar-refractivity contribution in [2.24, 2.45) is 0 Å². The maximum atomic E-state index is 11.4. The second-order valence-corrected chi connectivity index (χ2v) is 6.91. The summed E-state index contributed by atoms with van der Waals surface area (Å²) in [6.07, 6.45) is 19.8. The number of esters is 2. The molecule has 0 atom stereocenters. The number of hydrogen-bond donors (Lipinski definition) is 0. The van der Waals surface area contributed by atoms with E-state index < -0.39 is 11.9 Å². The summed E-state index contributed by atoms with van der Waals surface area (Å²) < 4.78 is 9.90. The van der Waals surface area contributed by atoms with Gasteiger partial charge in [0.05, 0.1) is 13.2 Å². The summed E-state index contributed by atoms with van der Waals surface area (Å²) in [7, 11) is 0. The average molecular weight is 369 g/mol. The molecule has 0 N–H and O–H groups in total. The second kappa shape index (κ2) is 20.0. The van der Waals surface area contributed by atoms with E-state index in [1.807, 2.05) is 6.92 Å².